The maximum absolute atomic E-state index is 14.7. The van der Waals surface area contributed by atoms with E-state index in [1.807, 2.05) is 40.9 Å². The van der Waals surface area contributed by atoms with Crippen molar-refractivity contribution in [2.75, 3.05) is 0 Å². The van der Waals surface area contributed by atoms with Gasteiger partial charge >= 0.3 is 7.12 Å². The zero-order valence-electron chi connectivity index (χ0n) is 14.9. The van der Waals surface area contributed by atoms with Crippen LogP contribution in [-0.4, -0.2) is 37.9 Å². The number of fused-ring (bicyclic) bond motifs is 1. The second-order valence-corrected chi connectivity index (χ2v) is 7.45. The lowest BCUT2D eigenvalue weighted by Crippen LogP contribution is -2.41. The molecule has 0 unspecified atom stereocenters. The molecule has 1 aliphatic rings. The van der Waals surface area contributed by atoms with Crippen molar-refractivity contribution in [1.29, 1.82) is 0 Å². The van der Waals surface area contributed by atoms with E-state index in [9.17, 15) is 4.39 Å². The topological polar surface area (TPSA) is 54.1 Å². The van der Waals surface area contributed by atoms with Crippen LogP contribution in [0.3, 0.4) is 0 Å². The summed E-state index contributed by atoms with van der Waals surface area (Å²) in [6, 6.07) is 3.21. The summed E-state index contributed by atoms with van der Waals surface area (Å²) in [5.41, 5.74) is 0.908. The molecule has 0 N–H and O–H groups in total. The van der Waals surface area contributed by atoms with E-state index >= 15 is 0 Å². The summed E-state index contributed by atoms with van der Waals surface area (Å²) in [5.74, 6) is -0.364. The summed E-state index contributed by atoms with van der Waals surface area (Å²) >= 11 is 0. The molecule has 0 amide bonds. The van der Waals surface area contributed by atoms with Gasteiger partial charge in [-0.15, -0.1) is 0 Å². The first-order valence-corrected chi connectivity index (χ1v) is 8.20. The second kappa shape index (κ2) is 5.16. The predicted molar refractivity (Wildman–Crippen MR) is 93.5 cm³/mol. The molecule has 0 spiro atoms. The van der Waals surface area contributed by atoms with E-state index in [2.05, 4.69) is 10.2 Å². The highest BCUT2D eigenvalue weighted by molar-refractivity contribution is 6.62. The summed E-state index contributed by atoms with van der Waals surface area (Å²) in [6.45, 7) is 7.79. The molecule has 1 aliphatic heterocycles. The van der Waals surface area contributed by atoms with Gasteiger partial charge in [0.2, 0.25) is 0 Å². The Morgan fingerprint density at radius 1 is 1.04 bits per heavy atom. The molecule has 3 heterocycles. The molecule has 130 valence electrons. The Hall–Kier alpha value is -2.19. The summed E-state index contributed by atoms with van der Waals surface area (Å²) < 4.78 is 30.1. The molecule has 4 rings (SSSR count). The molecular formula is C17H20BFN4O2. The lowest BCUT2D eigenvalue weighted by molar-refractivity contribution is 0.00578. The highest BCUT2D eigenvalue weighted by atomic mass is 19.1. The Balaban J connectivity index is 1.82. The van der Waals surface area contributed by atoms with Gasteiger partial charge < -0.3 is 9.31 Å². The third kappa shape index (κ3) is 2.48. The van der Waals surface area contributed by atoms with Crippen molar-refractivity contribution in [2.24, 2.45) is 7.05 Å². The van der Waals surface area contributed by atoms with E-state index in [-0.39, 0.29) is 5.82 Å². The van der Waals surface area contributed by atoms with Crippen molar-refractivity contribution in [2.45, 2.75) is 38.9 Å². The van der Waals surface area contributed by atoms with E-state index in [0.717, 1.165) is 11.2 Å². The van der Waals surface area contributed by atoms with Gasteiger partial charge in [-0.3, -0.25) is 4.68 Å². The molecule has 1 saturated heterocycles. The fourth-order valence-electron chi connectivity index (χ4n) is 2.94. The molecule has 0 radical (unpaired) electrons. The van der Waals surface area contributed by atoms with Crippen molar-refractivity contribution in [3.05, 3.63) is 36.5 Å². The SMILES string of the molecule is Cn1cc(-n2ncc3cc(F)c(B4OC(C)(C)C(C)(C)O4)cc32)cn1. The van der Waals surface area contributed by atoms with E-state index in [1.54, 1.807) is 27.8 Å². The Labute approximate surface area is 145 Å². The monoisotopic (exact) mass is 342 g/mol. The average molecular weight is 342 g/mol. The fraction of sp³-hybridized carbons (Fsp3) is 0.412. The number of hydrogen-bond acceptors (Lipinski definition) is 4. The Kier molecular flexibility index (Phi) is 3.36. The van der Waals surface area contributed by atoms with Crippen LogP contribution < -0.4 is 5.46 Å². The number of benzene rings is 1. The van der Waals surface area contributed by atoms with E-state index in [4.69, 9.17) is 9.31 Å². The maximum atomic E-state index is 14.7. The average Bonchev–Trinajstić information content (AvgIpc) is 3.15. The van der Waals surface area contributed by atoms with E-state index in [0.29, 0.717) is 10.8 Å². The molecule has 0 bridgehead atoms. The van der Waals surface area contributed by atoms with Gasteiger partial charge in [-0.1, -0.05) is 0 Å². The smallest absolute Gasteiger partial charge is 0.399 e. The number of aryl methyl sites for hydroxylation is 1. The minimum absolute atomic E-state index is 0.364. The number of hydrogen-bond donors (Lipinski definition) is 0. The van der Waals surface area contributed by atoms with Crippen LogP contribution >= 0.6 is 0 Å². The summed E-state index contributed by atoms with van der Waals surface area (Å²) in [5, 5.41) is 9.24. The highest BCUT2D eigenvalue weighted by Gasteiger charge is 2.52. The van der Waals surface area contributed by atoms with Crippen LogP contribution in [0.1, 0.15) is 27.7 Å². The van der Waals surface area contributed by atoms with Crippen molar-refractivity contribution in [1.82, 2.24) is 19.6 Å². The Morgan fingerprint density at radius 3 is 2.32 bits per heavy atom. The zero-order valence-corrected chi connectivity index (χ0v) is 14.9. The molecule has 25 heavy (non-hydrogen) atoms. The molecule has 2 aromatic heterocycles. The standard InChI is InChI=1S/C17H20BFN4O2/c1-16(2)17(3,4)25-18(24-16)13-7-15-11(6-14(13)19)8-21-23(15)12-9-20-22(5)10-12/h6-10H,1-5H3. The van der Waals surface area contributed by atoms with Crippen LogP contribution in [0.4, 0.5) is 4.39 Å². The summed E-state index contributed by atoms with van der Waals surface area (Å²) in [4.78, 5) is 0. The van der Waals surface area contributed by atoms with Gasteiger partial charge in [0.1, 0.15) is 11.5 Å². The van der Waals surface area contributed by atoms with Gasteiger partial charge in [-0.05, 0) is 39.8 Å². The molecule has 0 aliphatic carbocycles. The first-order valence-electron chi connectivity index (χ1n) is 8.20. The maximum Gasteiger partial charge on any atom is 0.497 e. The van der Waals surface area contributed by atoms with Crippen LogP contribution in [-0.2, 0) is 16.4 Å². The van der Waals surface area contributed by atoms with E-state index in [1.165, 1.54) is 6.07 Å². The van der Waals surface area contributed by atoms with Gasteiger partial charge in [0.25, 0.3) is 0 Å². The van der Waals surface area contributed by atoms with Crippen LogP contribution in [0, 0.1) is 5.82 Å². The lowest BCUT2D eigenvalue weighted by Gasteiger charge is -2.32. The van der Waals surface area contributed by atoms with Gasteiger partial charge in [0.05, 0.1) is 35.3 Å². The molecule has 1 fully saturated rings. The van der Waals surface area contributed by atoms with E-state index < -0.39 is 18.3 Å². The van der Waals surface area contributed by atoms with Crippen LogP contribution in [0.15, 0.2) is 30.7 Å². The normalized spacial score (nSPS) is 19.0. The van der Waals surface area contributed by atoms with Crippen molar-refractivity contribution < 1.29 is 13.7 Å². The Morgan fingerprint density at radius 2 is 1.72 bits per heavy atom. The molecule has 3 aromatic rings. The van der Waals surface area contributed by atoms with Crippen LogP contribution in [0.5, 0.6) is 0 Å². The number of halogens is 1. The molecule has 6 nitrogen and oxygen atoms in total. The number of aromatic nitrogens is 4. The molecule has 8 heteroatoms. The third-order valence-corrected chi connectivity index (χ3v) is 5.13. The second-order valence-electron chi connectivity index (χ2n) is 7.45. The van der Waals surface area contributed by atoms with Gasteiger partial charge in [-0.25, -0.2) is 9.07 Å². The van der Waals surface area contributed by atoms with Gasteiger partial charge in [0.15, 0.2) is 0 Å². The lowest BCUT2D eigenvalue weighted by atomic mass is 9.78. The molecule has 0 saturated carbocycles. The fourth-order valence-corrected chi connectivity index (χ4v) is 2.94. The van der Waals surface area contributed by atoms with Crippen molar-refractivity contribution >= 4 is 23.5 Å². The number of rotatable bonds is 2. The van der Waals surface area contributed by atoms with Crippen molar-refractivity contribution in [3.63, 3.8) is 0 Å². The van der Waals surface area contributed by atoms with Crippen LogP contribution in [0.25, 0.3) is 16.6 Å². The van der Waals surface area contributed by atoms with Gasteiger partial charge in [-0.2, -0.15) is 10.2 Å². The first-order chi connectivity index (χ1) is 11.7. The predicted octanol–water partition coefficient (Wildman–Crippen LogP) is 2.20. The van der Waals surface area contributed by atoms with Crippen LogP contribution in [0.2, 0.25) is 0 Å². The minimum atomic E-state index is -0.758. The van der Waals surface area contributed by atoms with Crippen molar-refractivity contribution in [3.8, 4) is 5.69 Å². The largest absolute Gasteiger partial charge is 0.497 e. The summed E-state index contributed by atoms with van der Waals surface area (Å²) in [6.07, 6.45) is 5.20. The molecular weight excluding hydrogens is 322 g/mol. The Bertz CT molecular complexity index is 947. The quantitative estimate of drug-likeness (QED) is 0.670. The van der Waals surface area contributed by atoms with Gasteiger partial charge in [0, 0.05) is 17.9 Å². The number of nitrogens with zero attached hydrogens (tertiary/aromatic N) is 4. The first kappa shape index (κ1) is 16.3. The third-order valence-electron chi connectivity index (χ3n) is 5.13. The zero-order chi connectivity index (χ0) is 18.0. The molecule has 0 atom stereocenters. The minimum Gasteiger partial charge on any atom is -0.399 e. The highest BCUT2D eigenvalue weighted by Crippen LogP contribution is 2.37. The molecule has 1 aromatic carbocycles. The summed E-state index contributed by atoms with van der Waals surface area (Å²) in [7, 11) is 1.08.